The molecule has 3 heterocycles. The van der Waals surface area contributed by atoms with Crippen molar-refractivity contribution in [3.63, 3.8) is 0 Å². The Bertz CT molecular complexity index is 1400. The average molecular weight is 524 g/mol. The summed E-state index contributed by atoms with van der Waals surface area (Å²) in [7, 11) is 0. The van der Waals surface area contributed by atoms with Gasteiger partial charge in [0.1, 0.15) is 0 Å². The average Bonchev–Trinajstić information content (AvgIpc) is 3.18. The molecule has 0 N–H and O–H groups in total. The first kappa shape index (κ1) is 24.6. The minimum Gasteiger partial charge on any atom is -0.338 e. The quantitative estimate of drug-likeness (QED) is 0.424. The number of hydrogen-bond acceptors (Lipinski definition) is 3. The molecule has 2 aliphatic rings. The topological polar surface area (TPSA) is 62.6 Å². The zero-order chi connectivity index (χ0) is 25.6. The number of hydrogen-bond donors (Lipinski definition) is 0. The van der Waals surface area contributed by atoms with Gasteiger partial charge in [-0.25, -0.2) is 0 Å². The van der Waals surface area contributed by atoms with E-state index in [1.165, 1.54) is 17.2 Å². The molecule has 1 saturated heterocycles. The number of Topliss-reactive ketones (excluding diaryl/α,β-unsaturated/α-hetero) is 1. The van der Waals surface area contributed by atoms with Crippen molar-refractivity contribution in [2.45, 2.75) is 32.9 Å². The molecule has 8 heteroatoms. The van der Waals surface area contributed by atoms with Gasteiger partial charge < -0.3 is 14.4 Å². The van der Waals surface area contributed by atoms with Crippen molar-refractivity contribution in [1.82, 2.24) is 14.4 Å². The third-order valence-electron chi connectivity index (χ3n) is 7.21. The molecule has 2 aliphatic heterocycles. The van der Waals surface area contributed by atoms with Gasteiger partial charge in [0, 0.05) is 55.1 Å². The van der Waals surface area contributed by atoms with Crippen molar-refractivity contribution in [3.05, 3.63) is 81.5 Å². The Morgan fingerprint density at radius 2 is 1.92 bits per heavy atom. The van der Waals surface area contributed by atoms with Gasteiger partial charge in [0.25, 0.3) is 5.91 Å². The molecule has 5 rings (SSSR count). The number of nitrogens with zero attached hydrogens (tertiary/aromatic N) is 3. The van der Waals surface area contributed by atoms with Gasteiger partial charge in [0.05, 0.1) is 22.6 Å². The molecule has 0 atom stereocenters. The predicted molar refractivity (Wildman–Crippen MR) is 141 cm³/mol. The SMILES string of the molecule is C=CC(=O)N1CC(CC(=O)Cn2cc(C(=O)N3CCc4c(C)cccc4C3)c3cc(Cl)cc(Cl)c32)C1. The van der Waals surface area contributed by atoms with E-state index in [1.807, 2.05) is 11.0 Å². The van der Waals surface area contributed by atoms with Gasteiger partial charge in [-0.05, 0) is 48.2 Å². The van der Waals surface area contributed by atoms with E-state index in [-0.39, 0.29) is 30.1 Å². The second kappa shape index (κ2) is 9.75. The van der Waals surface area contributed by atoms with E-state index in [9.17, 15) is 14.4 Å². The molecule has 186 valence electrons. The summed E-state index contributed by atoms with van der Waals surface area (Å²) in [5, 5.41) is 1.48. The van der Waals surface area contributed by atoms with Crippen molar-refractivity contribution in [3.8, 4) is 0 Å². The third kappa shape index (κ3) is 4.56. The molecule has 0 unspecified atom stereocenters. The lowest BCUT2D eigenvalue weighted by molar-refractivity contribution is -0.134. The highest BCUT2D eigenvalue weighted by molar-refractivity contribution is 6.39. The zero-order valence-corrected chi connectivity index (χ0v) is 21.6. The molecular formula is C28H27Cl2N3O3. The first-order valence-corrected chi connectivity index (χ1v) is 12.8. The second-order valence-corrected chi connectivity index (χ2v) is 10.5. The molecule has 0 spiro atoms. The summed E-state index contributed by atoms with van der Waals surface area (Å²) in [6, 6.07) is 9.56. The van der Waals surface area contributed by atoms with Crippen molar-refractivity contribution in [1.29, 1.82) is 0 Å². The number of rotatable bonds is 6. The molecule has 3 aromatic rings. The maximum atomic E-state index is 13.7. The second-order valence-electron chi connectivity index (χ2n) is 9.70. The number of ketones is 1. The molecule has 1 fully saturated rings. The Balaban J connectivity index is 1.38. The monoisotopic (exact) mass is 523 g/mol. The zero-order valence-electron chi connectivity index (χ0n) is 20.1. The van der Waals surface area contributed by atoms with Crippen molar-refractivity contribution < 1.29 is 14.4 Å². The van der Waals surface area contributed by atoms with Gasteiger partial charge in [0.2, 0.25) is 5.91 Å². The van der Waals surface area contributed by atoms with Crippen LogP contribution in [0.1, 0.15) is 33.5 Å². The summed E-state index contributed by atoms with van der Waals surface area (Å²) in [5.74, 6) is -0.0622. The van der Waals surface area contributed by atoms with E-state index >= 15 is 0 Å². The Morgan fingerprint density at radius 1 is 1.14 bits per heavy atom. The smallest absolute Gasteiger partial charge is 0.256 e. The number of likely N-dealkylation sites (tertiary alicyclic amines) is 1. The maximum Gasteiger partial charge on any atom is 0.256 e. The van der Waals surface area contributed by atoms with E-state index in [2.05, 4.69) is 25.6 Å². The number of carbonyl (C=O) groups is 3. The van der Waals surface area contributed by atoms with Crippen LogP contribution in [0.2, 0.25) is 10.0 Å². The largest absolute Gasteiger partial charge is 0.338 e. The summed E-state index contributed by atoms with van der Waals surface area (Å²) >= 11 is 12.9. The molecule has 0 saturated carbocycles. The lowest BCUT2D eigenvalue weighted by Gasteiger charge is -2.38. The summed E-state index contributed by atoms with van der Waals surface area (Å²) < 4.78 is 1.76. The van der Waals surface area contributed by atoms with Gasteiger partial charge in [0.15, 0.2) is 5.78 Å². The van der Waals surface area contributed by atoms with Gasteiger partial charge in [-0.15, -0.1) is 0 Å². The molecule has 0 aliphatic carbocycles. The number of aromatic nitrogens is 1. The Morgan fingerprint density at radius 3 is 2.67 bits per heavy atom. The summed E-state index contributed by atoms with van der Waals surface area (Å²) in [6.45, 7) is 7.97. The van der Waals surface area contributed by atoms with Crippen molar-refractivity contribution in [2.75, 3.05) is 19.6 Å². The number of aryl methyl sites for hydroxylation is 1. The highest BCUT2D eigenvalue weighted by atomic mass is 35.5. The van der Waals surface area contributed by atoms with Crippen LogP contribution in [0.5, 0.6) is 0 Å². The first-order chi connectivity index (χ1) is 17.2. The number of carbonyl (C=O) groups excluding carboxylic acids is 3. The van der Waals surface area contributed by atoms with Gasteiger partial charge >= 0.3 is 0 Å². The number of amides is 2. The van der Waals surface area contributed by atoms with Crippen LogP contribution in [0.4, 0.5) is 0 Å². The van der Waals surface area contributed by atoms with Crippen LogP contribution in [0.15, 0.2) is 49.2 Å². The molecule has 36 heavy (non-hydrogen) atoms. The highest BCUT2D eigenvalue weighted by Crippen LogP contribution is 2.34. The third-order valence-corrected chi connectivity index (χ3v) is 7.72. The van der Waals surface area contributed by atoms with E-state index < -0.39 is 0 Å². The Labute approximate surface area is 220 Å². The standard InChI is InChI=1S/C28H27Cl2N3O3/c1-3-26(35)32-12-18(13-32)9-21(34)15-33-16-24(23-10-20(29)11-25(30)27(23)33)28(36)31-8-7-22-17(2)5-4-6-19(22)14-31/h3-6,10-11,16,18H,1,7-9,12-15H2,2H3. The van der Waals surface area contributed by atoms with Gasteiger partial charge in [-0.2, -0.15) is 0 Å². The molecule has 0 bridgehead atoms. The van der Waals surface area contributed by atoms with E-state index in [0.29, 0.717) is 59.1 Å². The van der Waals surface area contributed by atoms with Crippen LogP contribution >= 0.6 is 23.2 Å². The summed E-state index contributed by atoms with van der Waals surface area (Å²) in [6.07, 6.45) is 4.18. The van der Waals surface area contributed by atoms with Gasteiger partial charge in [-0.1, -0.05) is 48.0 Å². The molecule has 1 aromatic heterocycles. The van der Waals surface area contributed by atoms with Crippen molar-refractivity contribution in [2.24, 2.45) is 5.92 Å². The van der Waals surface area contributed by atoms with E-state index in [0.717, 1.165) is 12.0 Å². The summed E-state index contributed by atoms with van der Waals surface area (Å²) in [5.41, 5.74) is 4.84. The normalized spacial score (nSPS) is 15.5. The maximum absolute atomic E-state index is 13.7. The summed E-state index contributed by atoms with van der Waals surface area (Å²) in [4.78, 5) is 41.8. The van der Waals surface area contributed by atoms with E-state index in [4.69, 9.17) is 23.2 Å². The Hall–Kier alpha value is -3.09. The van der Waals surface area contributed by atoms with E-state index in [1.54, 1.807) is 27.8 Å². The number of benzene rings is 2. The Kier molecular flexibility index (Phi) is 6.66. The van der Waals surface area contributed by atoms with Crippen LogP contribution in [-0.2, 0) is 29.1 Å². The van der Waals surface area contributed by atoms with Crippen LogP contribution in [0.25, 0.3) is 10.9 Å². The van der Waals surface area contributed by atoms with Crippen LogP contribution < -0.4 is 0 Å². The minimum absolute atomic E-state index is 0.0231. The molecule has 0 radical (unpaired) electrons. The molecule has 6 nitrogen and oxygen atoms in total. The molecule has 2 amide bonds. The fourth-order valence-electron chi connectivity index (χ4n) is 5.38. The number of fused-ring (bicyclic) bond motifs is 2. The fourth-order valence-corrected chi connectivity index (χ4v) is 5.98. The number of halogens is 2. The lowest BCUT2D eigenvalue weighted by Crippen LogP contribution is -2.50. The lowest BCUT2D eigenvalue weighted by atomic mass is 9.94. The first-order valence-electron chi connectivity index (χ1n) is 12.0. The van der Waals surface area contributed by atoms with Gasteiger partial charge in [-0.3, -0.25) is 14.4 Å². The van der Waals surface area contributed by atoms with Crippen LogP contribution in [0.3, 0.4) is 0 Å². The minimum atomic E-state index is -0.114. The molecule has 2 aromatic carbocycles. The predicted octanol–water partition coefficient (Wildman–Crippen LogP) is 5.06. The fraction of sp³-hybridized carbons (Fsp3) is 0.321. The highest BCUT2D eigenvalue weighted by Gasteiger charge is 2.31. The van der Waals surface area contributed by atoms with Crippen molar-refractivity contribution >= 4 is 51.7 Å². The van der Waals surface area contributed by atoms with Crippen LogP contribution in [0, 0.1) is 12.8 Å². The van der Waals surface area contributed by atoms with Crippen LogP contribution in [-0.4, -0.2) is 51.6 Å². The molecular weight excluding hydrogens is 497 g/mol.